The molecule has 0 aliphatic carbocycles. The van der Waals surface area contributed by atoms with Crippen LogP contribution in [0.5, 0.6) is 5.75 Å². The largest absolute Gasteiger partial charge is 0.506 e. The monoisotopic (exact) mass is 295 g/mol. The fourth-order valence-electron chi connectivity index (χ4n) is 2.21. The van der Waals surface area contributed by atoms with E-state index in [2.05, 4.69) is 4.98 Å². The lowest BCUT2D eigenvalue weighted by atomic mass is 10.1. The summed E-state index contributed by atoms with van der Waals surface area (Å²) in [7, 11) is 0. The first-order valence-corrected chi connectivity index (χ1v) is 6.71. The smallest absolute Gasteiger partial charge is 0.342 e. The lowest BCUT2D eigenvalue weighted by Gasteiger charge is -2.08. The first kappa shape index (κ1) is 13.9. The number of phenols is 1. The van der Waals surface area contributed by atoms with Crippen molar-refractivity contribution in [1.82, 2.24) is 4.98 Å². The van der Waals surface area contributed by atoms with E-state index < -0.39 is 5.97 Å². The van der Waals surface area contributed by atoms with Crippen LogP contribution in [0.4, 0.5) is 0 Å². The highest BCUT2D eigenvalue weighted by Gasteiger charge is 2.17. The summed E-state index contributed by atoms with van der Waals surface area (Å²) in [6.45, 7) is -0.383. The molecule has 0 atom stereocenters. The Hall–Kier alpha value is -3.08. The van der Waals surface area contributed by atoms with E-state index in [1.807, 2.05) is 12.1 Å². The summed E-state index contributed by atoms with van der Waals surface area (Å²) in [6.07, 6.45) is 1.62. The minimum absolute atomic E-state index is 0.0398. The zero-order valence-corrected chi connectivity index (χ0v) is 11.6. The highest BCUT2D eigenvalue weighted by Crippen LogP contribution is 2.28. The number of aromatic nitrogens is 1. The minimum Gasteiger partial charge on any atom is -0.506 e. The third-order valence-electron chi connectivity index (χ3n) is 3.35. The van der Waals surface area contributed by atoms with Gasteiger partial charge in [0.2, 0.25) is 5.78 Å². The van der Waals surface area contributed by atoms with Crippen molar-refractivity contribution in [2.45, 2.75) is 0 Å². The average Bonchev–Trinajstić information content (AvgIpc) is 3.07. The summed E-state index contributed by atoms with van der Waals surface area (Å²) in [5.74, 6) is -1.21. The van der Waals surface area contributed by atoms with Crippen LogP contribution in [0.25, 0.3) is 10.8 Å². The maximum Gasteiger partial charge on any atom is 0.342 e. The van der Waals surface area contributed by atoms with Gasteiger partial charge in [-0.05, 0) is 23.6 Å². The van der Waals surface area contributed by atoms with Crippen LogP contribution in [0.1, 0.15) is 20.8 Å². The Morgan fingerprint density at radius 3 is 2.64 bits per heavy atom. The number of carbonyl (C=O) groups excluding carboxylic acids is 2. The maximum absolute atomic E-state index is 12.0. The number of ether oxygens (including phenoxy) is 1. The van der Waals surface area contributed by atoms with Gasteiger partial charge in [-0.15, -0.1) is 0 Å². The number of Topliss-reactive ketones (excluding diaryl/α,β-unsaturated/α-hetero) is 1. The number of nitrogens with one attached hydrogen (secondary N) is 1. The molecule has 0 fully saturated rings. The highest BCUT2D eigenvalue weighted by molar-refractivity contribution is 6.02. The van der Waals surface area contributed by atoms with Crippen molar-refractivity contribution in [3.05, 3.63) is 66.0 Å². The van der Waals surface area contributed by atoms with Crippen LogP contribution < -0.4 is 0 Å². The molecule has 0 saturated heterocycles. The third-order valence-corrected chi connectivity index (χ3v) is 3.35. The van der Waals surface area contributed by atoms with Gasteiger partial charge in [-0.3, -0.25) is 4.79 Å². The molecule has 0 unspecified atom stereocenters. The molecule has 1 heterocycles. The molecular weight excluding hydrogens is 282 g/mol. The zero-order valence-electron chi connectivity index (χ0n) is 11.6. The van der Waals surface area contributed by atoms with Gasteiger partial charge in [0.25, 0.3) is 0 Å². The standard InChI is InChI=1S/C17H13NO4/c19-15(14-6-3-9-18-14)10-22-17(21)13-8-7-11-4-1-2-5-12(11)16(13)20/h1-9,18,20H,10H2. The van der Waals surface area contributed by atoms with Crippen LogP contribution in [0.15, 0.2) is 54.7 Å². The molecule has 3 rings (SSSR count). The van der Waals surface area contributed by atoms with E-state index in [0.717, 1.165) is 5.39 Å². The predicted octanol–water partition coefficient (Wildman–Crippen LogP) is 2.91. The van der Waals surface area contributed by atoms with E-state index >= 15 is 0 Å². The van der Waals surface area contributed by atoms with Crippen molar-refractivity contribution in [1.29, 1.82) is 0 Å². The van der Waals surface area contributed by atoms with Gasteiger partial charge in [0.1, 0.15) is 11.3 Å². The van der Waals surface area contributed by atoms with E-state index in [0.29, 0.717) is 11.1 Å². The molecule has 22 heavy (non-hydrogen) atoms. The molecule has 2 aromatic carbocycles. The Labute approximate surface area is 126 Å². The second-order valence-corrected chi connectivity index (χ2v) is 4.77. The minimum atomic E-state index is -0.733. The number of ketones is 1. The number of phenolic OH excluding ortho intramolecular Hbond substituents is 1. The van der Waals surface area contributed by atoms with E-state index in [1.54, 1.807) is 36.5 Å². The molecule has 0 aliphatic rings. The van der Waals surface area contributed by atoms with Crippen LogP contribution >= 0.6 is 0 Å². The number of rotatable bonds is 4. The fraction of sp³-hybridized carbons (Fsp3) is 0.0588. The Bertz CT molecular complexity index is 837. The molecule has 0 spiro atoms. The molecule has 5 nitrogen and oxygen atoms in total. The van der Waals surface area contributed by atoms with Gasteiger partial charge in [0, 0.05) is 11.6 Å². The number of carbonyl (C=O) groups is 2. The van der Waals surface area contributed by atoms with E-state index in [4.69, 9.17) is 4.74 Å². The lowest BCUT2D eigenvalue weighted by Crippen LogP contribution is -2.14. The fourth-order valence-corrected chi connectivity index (χ4v) is 2.21. The number of hydrogen-bond acceptors (Lipinski definition) is 4. The van der Waals surface area contributed by atoms with Crippen LogP contribution in [0.3, 0.4) is 0 Å². The summed E-state index contributed by atoms with van der Waals surface area (Å²) in [5, 5.41) is 11.6. The number of benzene rings is 2. The molecule has 110 valence electrons. The van der Waals surface area contributed by atoms with E-state index in [1.165, 1.54) is 6.07 Å². The van der Waals surface area contributed by atoms with Crippen LogP contribution in [-0.4, -0.2) is 28.4 Å². The number of esters is 1. The molecular formula is C17H13NO4. The van der Waals surface area contributed by atoms with Gasteiger partial charge in [-0.1, -0.05) is 30.3 Å². The second-order valence-electron chi connectivity index (χ2n) is 4.77. The molecule has 0 saturated carbocycles. The van der Waals surface area contributed by atoms with Gasteiger partial charge in [-0.25, -0.2) is 4.79 Å². The van der Waals surface area contributed by atoms with Crippen molar-refractivity contribution in [3.8, 4) is 5.75 Å². The van der Waals surface area contributed by atoms with Crippen LogP contribution in [0, 0.1) is 0 Å². The Balaban J connectivity index is 1.78. The van der Waals surface area contributed by atoms with E-state index in [9.17, 15) is 14.7 Å². The summed E-state index contributed by atoms with van der Waals surface area (Å²) in [5.41, 5.74) is 0.411. The van der Waals surface area contributed by atoms with Gasteiger partial charge in [0.15, 0.2) is 6.61 Å². The summed E-state index contributed by atoms with van der Waals surface area (Å²) in [6, 6.07) is 13.6. The Morgan fingerprint density at radius 1 is 1.05 bits per heavy atom. The van der Waals surface area contributed by atoms with Gasteiger partial charge >= 0.3 is 5.97 Å². The van der Waals surface area contributed by atoms with Gasteiger partial charge < -0.3 is 14.8 Å². The summed E-state index contributed by atoms with van der Waals surface area (Å²) in [4.78, 5) is 26.6. The van der Waals surface area contributed by atoms with Crippen molar-refractivity contribution < 1.29 is 19.4 Å². The average molecular weight is 295 g/mol. The number of hydrogen-bond donors (Lipinski definition) is 2. The number of H-pyrrole nitrogens is 1. The number of fused-ring (bicyclic) bond motifs is 1. The van der Waals surface area contributed by atoms with E-state index in [-0.39, 0.29) is 23.7 Å². The molecule has 2 N–H and O–H groups in total. The molecule has 0 aliphatic heterocycles. The van der Waals surface area contributed by atoms with Gasteiger partial charge in [-0.2, -0.15) is 0 Å². The molecule has 0 radical (unpaired) electrons. The molecule has 1 aromatic heterocycles. The third kappa shape index (κ3) is 2.56. The number of aromatic hydroxyl groups is 1. The predicted molar refractivity (Wildman–Crippen MR) is 81.0 cm³/mol. The Morgan fingerprint density at radius 2 is 1.86 bits per heavy atom. The zero-order chi connectivity index (χ0) is 15.5. The first-order valence-electron chi connectivity index (χ1n) is 6.71. The van der Waals surface area contributed by atoms with Crippen molar-refractivity contribution in [3.63, 3.8) is 0 Å². The molecule has 5 heteroatoms. The SMILES string of the molecule is O=C(COC(=O)c1ccc2ccccc2c1O)c1ccc[nH]1. The van der Waals surface area contributed by atoms with Crippen LogP contribution in [-0.2, 0) is 4.74 Å². The van der Waals surface area contributed by atoms with Crippen molar-refractivity contribution >= 4 is 22.5 Å². The topological polar surface area (TPSA) is 79.4 Å². The normalized spacial score (nSPS) is 10.5. The molecule has 3 aromatic rings. The first-order chi connectivity index (χ1) is 10.7. The summed E-state index contributed by atoms with van der Waals surface area (Å²) >= 11 is 0. The maximum atomic E-state index is 12.0. The van der Waals surface area contributed by atoms with Crippen LogP contribution in [0.2, 0.25) is 0 Å². The summed E-state index contributed by atoms with van der Waals surface area (Å²) < 4.78 is 4.97. The Kier molecular flexibility index (Phi) is 3.62. The quantitative estimate of drug-likeness (QED) is 0.573. The second kappa shape index (κ2) is 5.73. The van der Waals surface area contributed by atoms with Crippen molar-refractivity contribution in [2.75, 3.05) is 6.61 Å². The lowest BCUT2D eigenvalue weighted by molar-refractivity contribution is 0.0471. The molecule has 0 amide bonds. The highest BCUT2D eigenvalue weighted by atomic mass is 16.5. The van der Waals surface area contributed by atoms with Crippen molar-refractivity contribution in [2.24, 2.45) is 0 Å². The van der Waals surface area contributed by atoms with Gasteiger partial charge in [0.05, 0.1) is 5.69 Å². The number of aromatic amines is 1. The molecule has 0 bridgehead atoms.